The van der Waals surface area contributed by atoms with Crippen molar-refractivity contribution in [3.05, 3.63) is 65.7 Å². The van der Waals surface area contributed by atoms with Gasteiger partial charge in [-0.1, -0.05) is 36.3 Å². The van der Waals surface area contributed by atoms with E-state index in [2.05, 4.69) is 5.92 Å². The maximum absolute atomic E-state index is 5.55. The van der Waals surface area contributed by atoms with Crippen LogP contribution in [0.4, 0.5) is 0 Å². The maximum atomic E-state index is 5.55. The van der Waals surface area contributed by atoms with Gasteiger partial charge in [0.15, 0.2) is 0 Å². The Labute approximate surface area is 114 Å². The molecule has 19 heavy (non-hydrogen) atoms. The summed E-state index contributed by atoms with van der Waals surface area (Å²) < 4.78 is 11.1. The molecule has 2 nitrogen and oxygen atoms in total. The van der Waals surface area contributed by atoms with Crippen LogP contribution in [0.25, 0.3) is 0 Å². The van der Waals surface area contributed by atoms with Crippen molar-refractivity contribution in [3.8, 4) is 18.1 Å². The molecule has 0 aromatic heterocycles. The van der Waals surface area contributed by atoms with Crippen molar-refractivity contribution >= 4 is 0 Å². The van der Waals surface area contributed by atoms with Gasteiger partial charge >= 0.3 is 0 Å². The van der Waals surface area contributed by atoms with Gasteiger partial charge in [-0.3, -0.25) is 0 Å². The highest BCUT2D eigenvalue weighted by atomic mass is 16.5. The van der Waals surface area contributed by atoms with E-state index in [9.17, 15) is 0 Å². The van der Waals surface area contributed by atoms with Gasteiger partial charge in [-0.25, -0.2) is 0 Å². The normalized spacial score (nSPS) is 9.84. The Balaban J connectivity index is 1.65. The van der Waals surface area contributed by atoms with Gasteiger partial charge in [0.25, 0.3) is 0 Å². The Morgan fingerprint density at radius 1 is 0.895 bits per heavy atom. The summed E-state index contributed by atoms with van der Waals surface area (Å²) in [5.74, 6) is 3.38. The Morgan fingerprint density at radius 2 is 1.63 bits per heavy atom. The highest BCUT2D eigenvalue weighted by Gasteiger charge is 1.95. The minimum Gasteiger partial charge on any atom is -0.491 e. The van der Waals surface area contributed by atoms with E-state index in [0.717, 1.165) is 11.3 Å². The molecule has 0 aliphatic rings. The lowest BCUT2D eigenvalue weighted by atomic mass is 10.2. The van der Waals surface area contributed by atoms with E-state index in [1.165, 1.54) is 5.56 Å². The van der Waals surface area contributed by atoms with Crippen LogP contribution in [0.3, 0.4) is 0 Å². The quantitative estimate of drug-likeness (QED) is 0.580. The highest BCUT2D eigenvalue weighted by Crippen LogP contribution is 2.11. The Bertz CT molecular complexity index is 523. The summed E-state index contributed by atoms with van der Waals surface area (Å²) in [5, 5.41) is 0. The SMILES string of the molecule is C#Cc1ccc(OCCOCc2ccccc2)cc1. The van der Waals surface area contributed by atoms with E-state index in [0.29, 0.717) is 19.8 Å². The molecule has 0 aliphatic heterocycles. The molecular weight excluding hydrogens is 236 g/mol. The van der Waals surface area contributed by atoms with E-state index in [1.54, 1.807) is 0 Å². The number of hydrogen-bond donors (Lipinski definition) is 0. The van der Waals surface area contributed by atoms with Crippen molar-refractivity contribution in [2.75, 3.05) is 13.2 Å². The standard InChI is InChI=1S/C17H16O2/c1-2-15-8-10-17(11-9-15)19-13-12-18-14-16-6-4-3-5-7-16/h1,3-11H,12-14H2. The fraction of sp³-hybridized carbons (Fsp3) is 0.176. The minimum absolute atomic E-state index is 0.530. The molecule has 2 rings (SSSR count). The molecule has 2 heteroatoms. The Kier molecular flexibility index (Phi) is 5.04. The van der Waals surface area contributed by atoms with Crippen LogP contribution in [-0.4, -0.2) is 13.2 Å². The number of benzene rings is 2. The molecule has 2 aromatic rings. The topological polar surface area (TPSA) is 18.5 Å². The van der Waals surface area contributed by atoms with Gasteiger partial charge in [0.1, 0.15) is 12.4 Å². The van der Waals surface area contributed by atoms with Crippen molar-refractivity contribution in [2.45, 2.75) is 6.61 Å². The molecule has 0 amide bonds. The van der Waals surface area contributed by atoms with Crippen LogP contribution >= 0.6 is 0 Å². The average Bonchev–Trinajstić information content (AvgIpc) is 2.49. The molecule has 96 valence electrons. The zero-order chi connectivity index (χ0) is 13.3. The molecule has 0 saturated carbocycles. The zero-order valence-electron chi connectivity index (χ0n) is 10.7. The summed E-state index contributed by atoms with van der Waals surface area (Å²) in [5.41, 5.74) is 2.02. The molecular formula is C17H16O2. The summed E-state index contributed by atoms with van der Waals surface area (Å²) in [4.78, 5) is 0. The molecule has 0 N–H and O–H groups in total. The highest BCUT2D eigenvalue weighted by molar-refractivity contribution is 5.36. The van der Waals surface area contributed by atoms with Crippen molar-refractivity contribution < 1.29 is 9.47 Å². The Morgan fingerprint density at radius 3 is 2.32 bits per heavy atom. The molecule has 0 radical (unpaired) electrons. The van der Waals surface area contributed by atoms with E-state index < -0.39 is 0 Å². The van der Waals surface area contributed by atoms with Crippen LogP contribution in [-0.2, 0) is 11.3 Å². The predicted octanol–water partition coefficient (Wildman–Crippen LogP) is 3.26. The van der Waals surface area contributed by atoms with Gasteiger partial charge < -0.3 is 9.47 Å². The summed E-state index contributed by atoms with van der Waals surface area (Å²) in [7, 11) is 0. The van der Waals surface area contributed by atoms with E-state index in [1.807, 2.05) is 54.6 Å². The molecule has 0 atom stereocenters. The number of rotatable bonds is 6. The first-order valence-corrected chi connectivity index (χ1v) is 6.19. The molecule has 0 spiro atoms. The van der Waals surface area contributed by atoms with Gasteiger partial charge in [0.2, 0.25) is 0 Å². The van der Waals surface area contributed by atoms with Crippen LogP contribution in [0.15, 0.2) is 54.6 Å². The second-order valence-electron chi connectivity index (χ2n) is 4.06. The number of hydrogen-bond acceptors (Lipinski definition) is 2. The van der Waals surface area contributed by atoms with Gasteiger partial charge in [0.05, 0.1) is 13.2 Å². The van der Waals surface area contributed by atoms with Crippen molar-refractivity contribution in [2.24, 2.45) is 0 Å². The van der Waals surface area contributed by atoms with Crippen molar-refractivity contribution in [1.82, 2.24) is 0 Å². The molecule has 0 unspecified atom stereocenters. The van der Waals surface area contributed by atoms with Crippen molar-refractivity contribution in [3.63, 3.8) is 0 Å². The van der Waals surface area contributed by atoms with E-state index in [-0.39, 0.29) is 0 Å². The van der Waals surface area contributed by atoms with E-state index in [4.69, 9.17) is 15.9 Å². The largest absolute Gasteiger partial charge is 0.491 e. The molecule has 0 fully saturated rings. The first kappa shape index (κ1) is 13.2. The fourth-order valence-corrected chi connectivity index (χ4v) is 1.63. The molecule has 0 bridgehead atoms. The monoisotopic (exact) mass is 252 g/mol. The van der Waals surface area contributed by atoms with Crippen LogP contribution in [0, 0.1) is 12.3 Å². The van der Waals surface area contributed by atoms with Crippen LogP contribution in [0.1, 0.15) is 11.1 Å². The lowest BCUT2D eigenvalue weighted by Crippen LogP contribution is -2.06. The Hall–Kier alpha value is -2.24. The molecule has 2 aromatic carbocycles. The zero-order valence-corrected chi connectivity index (χ0v) is 10.7. The lowest BCUT2D eigenvalue weighted by Gasteiger charge is -2.07. The molecule has 0 saturated heterocycles. The van der Waals surface area contributed by atoms with Crippen LogP contribution in [0.2, 0.25) is 0 Å². The first-order valence-electron chi connectivity index (χ1n) is 6.19. The molecule has 0 heterocycles. The third-order valence-electron chi connectivity index (χ3n) is 2.63. The second kappa shape index (κ2) is 7.25. The summed E-state index contributed by atoms with van der Waals surface area (Å²) in [6.07, 6.45) is 5.28. The summed E-state index contributed by atoms with van der Waals surface area (Å²) >= 11 is 0. The van der Waals surface area contributed by atoms with Gasteiger partial charge in [-0.15, -0.1) is 6.42 Å². The van der Waals surface area contributed by atoms with E-state index >= 15 is 0 Å². The third-order valence-corrected chi connectivity index (χ3v) is 2.63. The smallest absolute Gasteiger partial charge is 0.119 e. The van der Waals surface area contributed by atoms with Gasteiger partial charge in [-0.2, -0.15) is 0 Å². The van der Waals surface area contributed by atoms with Gasteiger partial charge in [-0.05, 0) is 29.8 Å². The van der Waals surface area contributed by atoms with Crippen LogP contribution in [0.5, 0.6) is 5.75 Å². The number of ether oxygens (including phenoxy) is 2. The summed E-state index contributed by atoms with van der Waals surface area (Å²) in [6.45, 7) is 1.70. The maximum Gasteiger partial charge on any atom is 0.119 e. The first-order chi connectivity index (χ1) is 9.38. The van der Waals surface area contributed by atoms with Crippen LogP contribution < -0.4 is 4.74 Å². The summed E-state index contributed by atoms with van der Waals surface area (Å²) in [6, 6.07) is 17.5. The average molecular weight is 252 g/mol. The fourth-order valence-electron chi connectivity index (χ4n) is 1.63. The molecule has 0 aliphatic carbocycles. The predicted molar refractivity (Wildman–Crippen MR) is 76.0 cm³/mol. The second-order valence-corrected chi connectivity index (χ2v) is 4.06. The van der Waals surface area contributed by atoms with Gasteiger partial charge in [0, 0.05) is 5.56 Å². The lowest BCUT2D eigenvalue weighted by molar-refractivity contribution is 0.0889. The number of terminal acetylenes is 1. The van der Waals surface area contributed by atoms with Crippen molar-refractivity contribution in [1.29, 1.82) is 0 Å². The minimum atomic E-state index is 0.530. The third kappa shape index (κ3) is 4.50.